The summed E-state index contributed by atoms with van der Waals surface area (Å²) >= 11 is 5.97. The number of halogens is 1. The number of aromatic nitrogens is 2. The van der Waals surface area contributed by atoms with Gasteiger partial charge in [0.05, 0.1) is 16.1 Å². The summed E-state index contributed by atoms with van der Waals surface area (Å²) in [5, 5.41) is 4.20. The summed E-state index contributed by atoms with van der Waals surface area (Å²) < 4.78 is 2.19. The van der Waals surface area contributed by atoms with Gasteiger partial charge in [-0.2, -0.15) is 0 Å². The molecule has 0 spiro atoms. The van der Waals surface area contributed by atoms with Crippen LogP contribution in [0.1, 0.15) is 24.6 Å². The van der Waals surface area contributed by atoms with Crippen molar-refractivity contribution in [3.63, 3.8) is 0 Å². The van der Waals surface area contributed by atoms with Crippen molar-refractivity contribution in [1.29, 1.82) is 0 Å². The Balaban J connectivity index is 2.15. The van der Waals surface area contributed by atoms with Crippen molar-refractivity contribution >= 4 is 22.6 Å². The van der Waals surface area contributed by atoms with Crippen LogP contribution in [0.15, 0.2) is 18.3 Å². The van der Waals surface area contributed by atoms with Gasteiger partial charge in [0.25, 0.3) is 0 Å². The second-order valence-corrected chi connectivity index (χ2v) is 4.77. The third-order valence-electron chi connectivity index (χ3n) is 3.31. The number of hydrogen-bond donors (Lipinski definition) is 1. The van der Waals surface area contributed by atoms with Gasteiger partial charge in [-0.25, -0.2) is 0 Å². The van der Waals surface area contributed by atoms with Gasteiger partial charge in [0.15, 0.2) is 0 Å². The highest BCUT2D eigenvalue weighted by Gasteiger charge is 2.20. The molecule has 0 bridgehead atoms. The van der Waals surface area contributed by atoms with Crippen molar-refractivity contribution in [3.05, 3.63) is 29.0 Å². The molecule has 1 unspecified atom stereocenters. The number of pyridine rings is 1. The molecule has 3 nitrogen and oxygen atoms in total. The average molecular weight is 236 g/mol. The molecule has 2 aromatic heterocycles. The van der Waals surface area contributed by atoms with E-state index in [0.29, 0.717) is 11.1 Å². The minimum atomic E-state index is 0.470. The first kappa shape index (κ1) is 10.1. The monoisotopic (exact) mass is 235 g/mol. The summed E-state index contributed by atoms with van der Waals surface area (Å²) in [5.74, 6) is 0. The minimum absolute atomic E-state index is 0.470. The van der Waals surface area contributed by atoms with Crippen LogP contribution in [0.5, 0.6) is 0 Å². The number of fused-ring (bicyclic) bond motifs is 1. The molecule has 0 amide bonds. The summed E-state index contributed by atoms with van der Waals surface area (Å²) in [6.07, 6.45) is 4.16. The molecule has 1 aliphatic heterocycles. The Morgan fingerprint density at radius 1 is 1.50 bits per heavy atom. The molecule has 3 heterocycles. The maximum atomic E-state index is 5.97. The lowest BCUT2D eigenvalue weighted by atomic mass is 10.1. The molecule has 1 fully saturated rings. The van der Waals surface area contributed by atoms with Crippen molar-refractivity contribution < 1.29 is 0 Å². The summed E-state index contributed by atoms with van der Waals surface area (Å²) in [5.41, 5.74) is 3.44. The van der Waals surface area contributed by atoms with Crippen LogP contribution in [0.3, 0.4) is 0 Å². The molecule has 84 valence electrons. The van der Waals surface area contributed by atoms with E-state index in [1.54, 1.807) is 6.20 Å². The van der Waals surface area contributed by atoms with Gasteiger partial charge in [0.1, 0.15) is 0 Å². The molecular formula is C12H14ClN3. The van der Waals surface area contributed by atoms with Gasteiger partial charge in [-0.05, 0) is 31.5 Å². The smallest absolute Gasteiger partial charge is 0.0885 e. The Bertz CT molecular complexity index is 526. The quantitative estimate of drug-likeness (QED) is 0.824. The van der Waals surface area contributed by atoms with Gasteiger partial charge in [-0.1, -0.05) is 11.6 Å². The fraction of sp³-hybridized carbons (Fsp3) is 0.417. The van der Waals surface area contributed by atoms with Gasteiger partial charge < -0.3 is 9.88 Å². The molecular weight excluding hydrogens is 222 g/mol. The number of nitrogens with zero attached hydrogens (tertiary/aromatic N) is 2. The Labute approximate surface area is 99.4 Å². The van der Waals surface area contributed by atoms with Crippen LogP contribution in [0.2, 0.25) is 5.02 Å². The second-order valence-electron chi connectivity index (χ2n) is 4.34. The fourth-order valence-corrected chi connectivity index (χ4v) is 2.62. The van der Waals surface area contributed by atoms with E-state index in [-0.39, 0.29) is 0 Å². The van der Waals surface area contributed by atoms with E-state index in [4.69, 9.17) is 11.6 Å². The van der Waals surface area contributed by atoms with E-state index < -0.39 is 0 Å². The minimum Gasteiger partial charge on any atom is -0.345 e. The van der Waals surface area contributed by atoms with Gasteiger partial charge in [0, 0.05) is 25.0 Å². The normalized spacial score (nSPS) is 20.8. The zero-order chi connectivity index (χ0) is 11.1. The van der Waals surface area contributed by atoms with E-state index in [9.17, 15) is 0 Å². The van der Waals surface area contributed by atoms with Crippen molar-refractivity contribution in [3.8, 4) is 0 Å². The predicted molar refractivity (Wildman–Crippen MR) is 65.7 cm³/mol. The van der Waals surface area contributed by atoms with Crippen LogP contribution >= 0.6 is 11.6 Å². The van der Waals surface area contributed by atoms with Crippen LogP contribution in [-0.2, 0) is 7.05 Å². The van der Waals surface area contributed by atoms with Crippen LogP contribution in [0.4, 0.5) is 0 Å². The molecule has 3 rings (SSSR count). The first-order chi connectivity index (χ1) is 7.75. The first-order valence-electron chi connectivity index (χ1n) is 5.60. The molecule has 1 atom stereocenters. The van der Waals surface area contributed by atoms with Crippen molar-refractivity contribution in [2.24, 2.45) is 7.05 Å². The zero-order valence-electron chi connectivity index (χ0n) is 9.20. The molecule has 1 aliphatic rings. The van der Waals surface area contributed by atoms with Crippen LogP contribution in [0.25, 0.3) is 11.0 Å². The summed E-state index contributed by atoms with van der Waals surface area (Å²) in [7, 11) is 2.08. The van der Waals surface area contributed by atoms with E-state index in [2.05, 4.69) is 28.0 Å². The number of aryl methyl sites for hydroxylation is 1. The first-order valence-corrected chi connectivity index (χ1v) is 5.98. The van der Waals surface area contributed by atoms with E-state index >= 15 is 0 Å². The molecule has 0 radical (unpaired) electrons. The van der Waals surface area contributed by atoms with Crippen molar-refractivity contribution in [1.82, 2.24) is 14.9 Å². The molecule has 1 saturated heterocycles. The number of rotatable bonds is 1. The molecule has 0 aromatic carbocycles. The SMILES string of the molecule is Cn1c(C2CCCN2)cc2ncc(Cl)cc21. The van der Waals surface area contributed by atoms with Crippen LogP contribution < -0.4 is 5.32 Å². The van der Waals surface area contributed by atoms with Gasteiger partial charge in [-0.15, -0.1) is 0 Å². The summed E-state index contributed by atoms with van der Waals surface area (Å²) in [6.45, 7) is 1.11. The lowest BCUT2D eigenvalue weighted by Crippen LogP contribution is -2.15. The largest absolute Gasteiger partial charge is 0.345 e. The van der Waals surface area contributed by atoms with Gasteiger partial charge >= 0.3 is 0 Å². The van der Waals surface area contributed by atoms with E-state index in [1.807, 2.05) is 6.07 Å². The lowest BCUT2D eigenvalue weighted by molar-refractivity contribution is 0.604. The Morgan fingerprint density at radius 2 is 2.38 bits per heavy atom. The van der Waals surface area contributed by atoms with Crippen molar-refractivity contribution in [2.75, 3.05) is 6.54 Å². The number of nitrogens with one attached hydrogen (secondary N) is 1. The molecule has 16 heavy (non-hydrogen) atoms. The van der Waals surface area contributed by atoms with Crippen molar-refractivity contribution in [2.45, 2.75) is 18.9 Å². The molecule has 2 aromatic rings. The maximum absolute atomic E-state index is 5.97. The third-order valence-corrected chi connectivity index (χ3v) is 3.52. The lowest BCUT2D eigenvalue weighted by Gasteiger charge is -2.11. The number of hydrogen-bond acceptors (Lipinski definition) is 2. The Kier molecular flexibility index (Phi) is 2.37. The van der Waals surface area contributed by atoms with Crippen LogP contribution in [-0.4, -0.2) is 16.1 Å². The van der Waals surface area contributed by atoms with E-state index in [0.717, 1.165) is 17.6 Å². The average Bonchev–Trinajstić information content (AvgIpc) is 2.87. The molecule has 0 aliphatic carbocycles. The molecule has 1 N–H and O–H groups in total. The topological polar surface area (TPSA) is 29.9 Å². The highest BCUT2D eigenvalue weighted by atomic mass is 35.5. The fourth-order valence-electron chi connectivity index (χ4n) is 2.47. The Morgan fingerprint density at radius 3 is 3.12 bits per heavy atom. The second kappa shape index (κ2) is 3.75. The van der Waals surface area contributed by atoms with E-state index in [1.165, 1.54) is 18.5 Å². The van der Waals surface area contributed by atoms with Gasteiger partial charge in [-0.3, -0.25) is 4.98 Å². The van der Waals surface area contributed by atoms with Gasteiger partial charge in [0.2, 0.25) is 0 Å². The highest BCUT2D eigenvalue weighted by molar-refractivity contribution is 6.31. The highest BCUT2D eigenvalue weighted by Crippen LogP contribution is 2.28. The maximum Gasteiger partial charge on any atom is 0.0885 e. The summed E-state index contributed by atoms with van der Waals surface area (Å²) in [4.78, 5) is 4.35. The molecule has 0 saturated carbocycles. The third kappa shape index (κ3) is 1.51. The standard InChI is InChI=1S/C12H14ClN3/c1-16-11-5-8(13)7-15-10(11)6-12(16)9-3-2-4-14-9/h5-7,9,14H,2-4H2,1H3. The van der Waals surface area contributed by atoms with Crippen LogP contribution in [0, 0.1) is 0 Å². The zero-order valence-corrected chi connectivity index (χ0v) is 9.96. The summed E-state index contributed by atoms with van der Waals surface area (Å²) in [6, 6.07) is 4.61. The Hall–Kier alpha value is -1.06. The molecule has 4 heteroatoms. The predicted octanol–water partition coefficient (Wildman–Crippen LogP) is 2.65.